The smallest absolute Gasteiger partial charge is 0.280 e. The Morgan fingerprint density at radius 2 is 2.14 bits per heavy atom. The molecule has 1 aromatic heterocycles. The number of hydrogen-bond acceptors (Lipinski definition) is 4. The van der Waals surface area contributed by atoms with Crippen molar-refractivity contribution < 1.29 is 9.47 Å². The van der Waals surface area contributed by atoms with Gasteiger partial charge in [-0.1, -0.05) is 69.9 Å². The number of epoxide rings is 1. The lowest BCUT2D eigenvalue weighted by Gasteiger charge is -2.18. The van der Waals surface area contributed by atoms with Crippen molar-refractivity contribution in [1.29, 1.82) is 0 Å². The quantitative estimate of drug-likeness (QED) is 0.510. The van der Waals surface area contributed by atoms with Crippen LogP contribution in [0.1, 0.15) is 12.0 Å². The predicted octanol–water partition coefficient (Wildman–Crippen LogP) is 5.57. The van der Waals surface area contributed by atoms with Gasteiger partial charge in [0, 0.05) is 6.42 Å². The van der Waals surface area contributed by atoms with E-state index in [0.717, 1.165) is 5.56 Å². The normalized spacial score (nSPS) is 21.3. The van der Waals surface area contributed by atoms with Crippen LogP contribution in [0.2, 0.25) is 4.34 Å². The van der Waals surface area contributed by atoms with Gasteiger partial charge in [0.2, 0.25) is 0 Å². The van der Waals surface area contributed by atoms with Crippen molar-refractivity contribution in [3.8, 4) is 10.9 Å². The Bertz CT molecular complexity index is 652. The first-order valence-electron chi connectivity index (χ1n) is 5.97. The molecule has 1 unspecified atom stereocenters. The van der Waals surface area contributed by atoms with Crippen molar-refractivity contribution in [2.45, 2.75) is 15.8 Å². The summed E-state index contributed by atoms with van der Waals surface area (Å²) < 4.78 is 10.4. The molecule has 0 bridgehead atoms. The third-order valence-electron chi connectivity index (χ3n) is 3.00. The largest absolute Gasteiger partial charge is 0.431 e. The zero-order valence-electron chi connectivity index (χ0n) is 10.5. The summed E-state index contributed by atoms with van der Waals surface area (Å²) in [6, 6.07) is 7.47. The molecule has 0 N–H and O–H groups in total. The van der Waals surface area contributed by atoms with E-state index in [9.17, 15) is 0 Å². The molecule has 1 aliphatic rings. The fraction of sp³-hybridized carbons (Fsp3) is 0.308. The van der Waals surface area contributed by atoms with Gasteiger partial charge in [-0.05, 0) is 17.7 Å². The average molecular weight is 385 g/mol. The first-order valence-corrected chi connectivity index (χ1v) is 8.30. The van der Waals surface area contributed by atoms with Gasteiger partial charge in [0.05, 0.1) is 12.8 Å². The van der Waals surface area contributed by atoms with Gasteiger partial charge in [0.25, 0.3) is 5.19 Å². The number of halogens is 4. The minimum Gasteiger partial charge on any atom is -0.431 e. The Balaban J connectivity index is 1.80. The van der Waals surface area contributed by atoms with Crippen LogP contribution >= 0.6 is 57.7 Å². The van der Waals surface area contributed by atoms with Crippen molar-refractivity contribution in [2.24, 2.45) is 0 Å². The SMILES string of the molecule is Clc1cnc(Oc2cccc(C3(CC(Cl)(Cl)Cl)CO3)c2)s1. The molecule has 3 nitrogen and oxygen atoms in total. The Hall–Kier alpha value is -0.230. The van der Waals surface area contributed by atoms with Crippen LogP contribution < -0.4 is 4.74 Å². The van der Waals surface area contributed by atoms with Crippen molar-refractivity contribution in [1.82, 2.24) is 4.98 Å². The zero-order chi connectivity index (χ0) is 15.1. The van der Waals surface area contributed by atoms with Gasteiger partial charge in [0.1, 0.15) is 15.7 Å². The lowest BCUT2D eigenvalue weighted by atomic mass is 9.97. The molecular formula is C13H9Cl4NO2S. The van der Waals surface area contributed by atoms with Gasteiger partial charge >= 0.3 is 0 Å². The molecule has 2 aromatic rings. The summed E-state index contributed by atoms with van der Waals surface area (Å²) in [4.78, 5) is 4.05. The number of aromatic nitrogens is 1. The highest BCUT2D eigenvalue weighted by atomic mass is 35.6. The van der Waals surface area contributed by atoms with Crippen molar-refractivity contribution in [2.75, 3.05) is 6.61 Å². The summed E-state index contributed by atoms with van der Waals surface area (Å²) in [6.45, 7) is 0.521. The molecule has 1 saturated heterocycles. The summed E-state index contributed by atoms with van der Waals surface area (Å²) in [5.74, 6) is 0.637. The van der Waals surface area contributed by atoms with E-state index in [4.69, 9.17) is 55.9 Å². The number of ether oxygens (including phenoxy) is 2. The summed E-state index contributed by atoms with van der Waals surface area (Å²) in [5, 5.41) is 0.476. The molecule has 112 valence electrons. The molecule has 3 rings (SSSR count). The fourth-order valence-electron chi connectivity index (χ4n) is 2.01. The maximum atomic E-state index is 5.88. The average Bonchev–Trinajstić information content (AvgIpc) is 3.04. The fourth-order valence-corrected chi connectivity index (χ4v) is 3.42. The lowest BCUT2D eigenvalue weighted by molar-refractivity contribution is 0.294. The van der Waals surface area contributed by atoms with E-state index in [-0.39, 0.29) is 6.42 Å². The molecule has 2 heterocycles. The van der Waals surface area contributed by atoms with E-state index in [2.05, 4.69) is 4.98 Å². The van der Waals surface area contributed by atoms with Crippen LogP contribution in [-0.2, 0) is 10.3 Å². The van der Waals surface area contributed by atoms with Crippen LogP contribution in [0.4, 0.5) is 0 Å². The highest BCUT2D eigenvalue weighted by molar-refractivity contribution is 7.17. The molecule has 0 amide bonds. The van der Waals surface area contributed by atoms with E-state index in [1.165, 1.54) is 11.3 Å². The van der Waals surface area contributed by atoms with E-state index < -0.39 is 9.39 Å². The molecule has 21 heavy (non-hydrogen) atoms. The van der Waals surface area contributed by atoms with Gasteiger partial charge in [-0.25, -0.2) is 4.98 Å². The molecule has 8 heteroatoms. The van der Waals surface area contributed by atoms with Crippen LogP contribution in [0.25, 0.3) is 0 Å². The second kappa shape index (κ2) is 5.76. The molecule has 1 fully saturated rings. The summed E-state index contributed by atoms with van der Waals surface area (Å²) in [7, 11) is 0. The first-order chi connectivity index (χ1) is 9.86. The Labute approximate surface area is 145 Å². The minimum absolute atomic E-state index is 0.289. The maximum Gasteiger partial charge on any atom is 0.280 e. The summed E-state index contributed by atoms with van der Waals surface area (Å²) in [5.41, 5.74) is 0.361. The van der Waals surface area contributed by atoms with Crippen molar-refractivity contribution >= 4 is 57.7 Å². The van der Waals surface area contributed by atoms with Gasteiger partial charge in [-0.15, -0.1) is 0 Å². The second-order valence-corrected chi connectivity index (χ2v) is 8.78. The number of alkyl halides is 3. The van der Waals surface area contributed by atoms with Gasteiger partial charge < -0.3 is 9.47 Å². The number of benzene rings is 1. The topological polar surface area (TPSA) is 34.6 Å². The highest BCUT2D eigenvalue weighted by Gasteiger charge is 2.51. The zero-order valence-corrected chi connectivity index (χ0v) is 14.3. The molecule has 0 radical (unpaired) electrons. The third-order valence-corrected chi connectivity index (χ3v) is 4.39. The maximum absolute atomic E-state index is 5.88. The van der Waals surface area contributed by atoms with Crippen molar-refractivity contribution in [3.05, 3.63) is 40.4 Å². The molecule has 0 saturated carbocycles. The first kappa shape index (κ1) is 15.7. The number of hydrogen-bond donors (Lipinski definition) is 0. The Kier molecular flexibility index (Phi) is 4.30. The third kappa shape index (κ3) is 3.95. The number of thiazole rings is 1. The van der Waals surface area contributed by atoms with Crippen molar-refractivity contribution in [3.63, 3.8) is 0 Å². The van der Waals surface area contributed by atoms with E-state index in [0.29, 0.717) is 21.9 Å². The van der Waals surface area contributed by atoms with Crippen LogP contribution in [0.5, 0.6) is 10.9 Å². The van der Waals surface area contributed by atoms with Gasteiger partial charge in [0.15, 0.2) is 3.79 Å². The monoisotopic (exact) mass is 383 g/mol. The van der Waals surface area contributed by atoms with Crippen LogP contribution in [0, 0.1) is 0 Å². The molecular weight excluding hydrogens is 376 g/mol. The standard InChI is InChI=1S/C13H9Cl4NO2S/c14-10-5-18-11(21-10)20-9-3-1-2-8(4-9)12(7-19-12)6-13(15,16)17/h1-5H,6-7H2. The number of rotatable bonds is 4. The second-order valence-electron chi connectivity index (χ2n) is 4.64. The van der Waals surface area contributed by atoms with Crippen LogP contribution in [-0.4, -0.2) is 15.4 Å². The van der Waals surface area contributed by atoms with Gasteiger partial charge in [-0.3, -0.25) is 0 Å². The van der Waals surface area contributed by atoms with Crippen LogP contribution in [0.15, 0.2) is 30.5 Å². The molecule has 0 aliphatic carbocycles. The molecule has 1 aromatic carbocycles. The summed E-state index contributed by atoms with van der Waals surface area (Å²) in [6.07, 6.45) is 1.83. The van der Waals surface area contributed by atoms with E-state index >= 15 is 0 Å². The minimum atomic E-state index is -1.36. The van der Waals surface area contributed by atoms with Crippen LogP contribution in [0.3, 0.4) is 0 Å². The highest BCUT2D eigenvalue weighted by Crippen LogP contribution is 2.50. The Morgan fingerprint density at radius 3 is 2.71 bits per heavy atom. The molecule has 1 aliphatic heterocycles. The Morgan fingerprint density at radius 1 is 1.38 bits per heavy atom. The lowest BCUT2D eigenvalue weighted by Crippen LogP contribution is -2.18. The summed E-state index contributed by atoms with van der Waals surface area (Å²) >= 11 is 24.7. The van der Waals surface area contributed by atoms with Gasteiger partial charge in [-0.2, -0.15) is 0 Å². The molecule has 1 atom stereocenters. The predicted molar refractivity (Wildman–Crippen MR) is 86.2 cm³/mol. The van der Waals surface area contributed by atoms with E-state index in [1.54, 1.807) is 6.20 Å². The van der Waals surface area contributed by atoms with E-state index in [1.807, 2.05) is 24.3 Å². The molecule has 0 spiro atoms. The number of nitrogens with zero attached hydrogens (tertiary/aromatic N) is 1.